The number of halogens is 1. The molecule has 0 aliphatic rings. The van der Waals surface area contributed by atoms with Crippen LogP contribution in [0.5, 0.6) is 5.75 Å². The molecule has 0 bridgehead atoms. The molecule has 0 saturated carbocycles. The zero-order valence-electron chi connectivity index (χ0n) is 8.90. The van der Waals surface area contributed by atoms with Gasteiger partial charge in [0.15, 0.2) is 0 Å². The Morgan fingerprint density at radius 1 is 1.56 bits per heavy atom. The number of benzene rings is 1. The van der Waals surface area contributed by atoms with Crippen molar-refractivity contribution in [2.75, 3.05) is 18.6 Å². The molecule has 0 radical (unpaired) electrons. The van der Waals surface area contributed by atoms with E-state index in [9.17, 15) is 4.79 Å². The van der Waals surface area contributed by atoms with Crippen molar-refractivity contribution in [3.05, 3.63) is 28.2 Å². The molecule has 0 saturated heterocycles. The van der Waals surface area contributed by atoms with Gasteiger partial charge < -0.3 is 9.84 Å². The summed E-state index contributed by atoms with van der Waals surface area (Å²) in [4.78, 5) is 11.0. The fraction of sp³-hybridized carbons (Fsp3) is 0.364. The lowest BCUT2D eigenvalue weighted by Crippen LogP contribution is -2.05. The van der Waals surface area contributed by atoms with E-state index >= 15 is 0 Å². The molecule has 0 spiro atoms. The second-order valence-electron chi connectivity index (χ2n) is 3.12. The van der Waals surface area contributed by atoms with E-state index in [4.69, 9.17) is 9.84 Å². The predicted molar refractivity (Wildman–Crippen MR) is 69.6 cm³/mol. The van der Waals surface area contributed by atoms with E-state index in [2.05, 4.69) is 15.9 Å². The molecule has 0 aliphatic heterocycles. The summed E-state index contributed by atoms with van der Waals surface area (Å²) in [5.74, 6) is 0.449. The Hall–Kier alpha value is -0.680. The van der Waals surface area contributed by atoms with Gasteiger partial charge in [0, 0.05) is 0 Å². The average Bonchev–Trinajstić information content (AvgIpc) is 2.25. The maximum absolute atomic E-state index is 11.0. The van der Waals surface area contributed by atoms with Crippen LogP contribution >= 0.6 is 27.7 Å². The molecule has 0 heterocycles. The monoisotopic (exact) mass is 304 g/mol. The number of hydrogen-bond donors (Lipinski definition) is 1. The van der Waals surface area contributed by atoms with Gasteiger partial charge in [0.25, 0.3) is 0 Å². The van der Waals surface area contributed by atoms with E-state index in [-0.39, 0.29) is 5.56 Å². The summed E-state index contributed by atoms with van der Waals surface area (Å²) in [5.41, 5.74) is 0.193. The molecule has 0 aliphatic carbocycles. The lowest BCUT2D eigenvalue weighted by atomic mass is 10.2. The first-order valence-corrected chi connectivity index (χ1v) is 6.99. The zero-order valence-corrected chi connectivity index (χ0v) is 11.3. The maximum atomic E-state index is 11.0. The van der Waals surface area contributed by atoms with E-state index in [0.717, 1.165) is 12.2 Å². The Morgan fingerprint density at radius 3 is 2.94 bits per heavy atom. The van der Waals surface area contributed by atoms with Gasteiger partial charge in [-0.2, -0.15) is 11.8 Å². The Kier molecular flexibility index (Phi) is 5.69. The van der Waals surface area contributed by atoms with E-state index in [1.54, 1.807) is 23.9 Å². The molecule has 5 heteroatoms. The molecule has 0 aromatic heterocycles. The number of carboxylic acid groups (broad SMARTS) is 1. The van der Waals surface area contributed by atoms with Gasteiger partial charge in [0.05, 0.1) is 11.1 Å². The number of carboxylic acids is 1. The molecule has 1 N–H and O–H groups in total. The van der Waals surface area contributed by atoms with Gasteiger partial charge in [0.1, 0.15) is 11.3 Å². The molecule has 16 heavy (non-hydrogen) atoms. The van der Waals surface area contributed by atoms with E-state index in [1.165, 1.54) is 6.07 Å². The van der Waals surface area contributed by atoms with Crippen LogP contribution in [0.3, 0.4) is 0 Å². The van der Waals surface area contributed by atoms with Crippen molar-refractivity contribution >= 4 is 33.7 Å². The smallest absolute Gasteiger partial charge is 0.339 e. The molecule has 0 unspecified atom stereocenters. The predicted octanol–water partition coefficient (Wildman–Crippen LogP) is 3.28. The van der Waals surface area contributed by atoms with Crippen molar-refractivity contribution in [3.8, 4) is 5.75 Å². The van der Waals surface area contributed by atoms with Gasteiger partial charge in [-0.25, -0.2) is 4.79 Å². The number of aromatic carboxylic acids is 1. The minimum Gasteiger partial charge on any atom is -0.491 e. The Labute approximate surface area is 107 Å². The molecular formula is C11H13BrO3S. The third-order valence-electron chi connectivity index (χ3n) is 1.94. The van der Waals surface area contributed by atoms with Gasteiger partial charge in [-0.3, -0.25) is 0 Å². The molecule has 3 nitrogen and oxygen atoms in total. The van der Waals surface area contributed by atoms with Crippen molar-refractivity contribution in [2.24, 2.45) is 0 Å². The lowest BCUT2D eigenvalue weighted by Gasteiger charge is -2.10. The topological polar surface area (TPSA) is 46.5 Å². The largest absolute Gasteiger partial charge is 0.491 e. The highest BCUT2D eigenvalue weighted by Crippen LogP contribution is 2.29. The first-order chi connectivity index (χ1) is 7.66. The molecule has 1 rings (SSSR count). The summed E-state index contributed by atoms with van der Waals surface area (Å²) < 4.78 is 6.17. The Bertz CT molecular complexity index is 368. The van der Waals surface area contributed by atoms with Crippen LogP contribution in [0, 0.1) is 0 Å². The normalized spacial score (nSPS) is 10.1. The summed E-state index contributed by atoms with van der Waals surface area (Å²) in [6, 6.07) is 5.00. The van der Waals surface area contributed by atoms with Crippen molar-refractivity contribution in [2.45, 2.75) is 6.42 Å². The second-order valence-corrected chi connectivity index (χ2v) is 4.96. The SMILES string of the molecule is CSCCCOc1c(Br)cccc1C(=O)O. The van der Waals surface area contributed by atoms with Crippen LogP contribution in [0.1, 0.15) is 16.8 Å². The summed E-state index contributed by atoms with van der Waals surface area (Å²) >= 11 is 5.03. The summed E-state index contributed by atoms with van der Waals surface area (Å²) in [7, 11) is 0. The highest BCUT2D eigenvalue weighted by atomic mass is 79.9. The number of hydrogen-bond acceptors (Lipinski definition) is 3. The van der Waals surface area contributed by atoms with Crippen LogP contribution < -0.4 is 4.74 Å². The van der Waals surface area contributed by atoms with Crippen LogP contribution in [0.25, 0.3) is 0 Å². The maximum Gasteiger partial charge on any atom is 0.339 e. The van der Waals surface area contributed by atoms with Gasteiger partial charge in [-0.1, -0.05) is 6.07 Å². The molecule has 1 aromatic carbocycles. The summed E-state index contributed by atoms with van der Waals surface area (Å²) in [5, 5.41) is 8.99. The standard InChI is InChI=1S/C11H13BrO3S/c1-16-7-3-6-15-10-8(11(13)14)4-2-5-9(10)12/h2,4-5H,3,6-7H2,1H3,(H,13,14). The molecule has 0 atom stereocenters. The van der Waals surface area contributed by atoms with E-state index in [0.29, 0.717) is 16.8 Å². The fourth-order valence-corrected chi connectivity index (χ4v) is 2.09. The van der Waals surface area contributed by atoms with Crippen molar-refractivity contribution in [1.82, 2.24) is 0 Å². The number of thioether (sulfide) groups is 1. The molecular weight excluding hydrogens is 292 g/mol. The Morgan fingerprint density at radius 2 is 2.31 bits per heavy atom. The quantitative estimate of drug-likeness (QED) is 0.819. The number of rotatable bonds is 6. The van der Waals surface area contributed by atoms with Gasteiger partial charge in [0.2, 0.25) is 0 Å². The average molecular weight is 305 g/mol. The number of para-hydroxylation sites is 1. The summed E-state index contributed by atoms with van der Waals surface area (Å²) in [6.07, 6.45) is 2.93. The molecule has 0 amide bonds. The minimum atomic E-state index is -0.971. The highest BCUT2D eigenvalue weighted by molar-refractivity contribution is 9.10. The molecule has 0 fully saturated rings. The number of carbonyl (C=O) groups is 1. The van der Waals surface area contributed by atoms with Crippen LogP contribution in [0.2, 0.25) is 0 Å². The minimum absolute atomic E-state index is 0.193. The van der Waals surface area contributed by atoms with E-state index in [1.807, 2.05) is 6.26 Å². The van der Waals surface area contributed by atoms with Crippen molar-refractivity contribution in [1.29, 1.82) is 0 Å². The zero-order chi connectivity index (χ0) is 12.0. The van der Waals surface area contributed by atoms with E-state index < -0.39 is 5.97 Å². The van der Waals surface area contributed by atoms with Gasteiger partial charge in [-0.05, 0) is 46.5 Å². The Balaban J connectivity index is 2.73. The second kappa shape index (κ2) is 6.81. The first kappa shape index (κ1) is 13.4. The highest BCUT2D eigenvalue weighted by Gasteiger charge is 2.13. The lowest BCUT2D eigenvalue weighted by molar-refractivity contribution is 0.0692. The van der Waals surface area contributed by atoms with Gasteiger partial charge in [-0.15, -0.1) is 0 Å². The van der Waals surface area contributed by atoms with Crippen LogP contribution in [0.4, 0.5) is 0 Å². The van der Waals surface area contributed by atoms with Crippen LogP contribution in [0.15, 0.2) is 22.7 Å². The summed E-state index contributed by atoms with van der Waals surface area (Å²) in [6.45, 7) is 0.531. The molecule has 88 valence electrons. The van der Waals surface area contributed by atoms with Crippen molar-refractivity contribution in [3.63, 3.8) is 0 Å². The molecule has 1 aromatic rings. The number of ether oxygens (including phenoxy) is 1. The third-order valence-corrected chi connectivity index (χ3v) is 3.26. The third kappa shape index (κ3) is 3.72. The van der Waals surface area contributed by atoms with Crippen LogP contribution in [-0.2, 0) is 0 Å². The van der Waals surface area contributed by atoms with Crippen molar-refractivity contribution < 1.29 is 14.6 Å². The fourth-order valence-electron chi connectivity index (χ4n) is 1.20. The van der Waals surface area contributed by atoms with Gasteiger partial charge >= 0.3 is 5.97 Å². The van der Waals surface area contributed by atoms with Crippen LogP contribution in [-0.4, -0.2) is 29.7 Å². The first-order valence-electron chi connectivity index (χ1n) is 4.80.